The molecule has 2 aliphatic heterocycles. The fourth-order valence-corrected chi connectivity index (χ4v) is 3.81. The molecule has 0 aromatic heterocycles. The number of rotatable bonds is 1. The highest BCUT2D eigenvalue weighted by Gasteiger charge is 2.67. The number of fused-ring (bicyclic) bond motifs is 1. The average molecular weight is 283 g/mol. The highest BCUT2D eigenvalue weighted by Crippen LogP contribution is 2.49. The summed E-state index contributed by atoms with van der Waals surface area (Å²) in [5.74, 6) is -0.820. The van der Waals surface area contributed by atoms with E-state index in [9.17, 15) is 9.59 Å². The molecule has 0 aliphatic carbocycles. The molecule has 0 N–H and O–H groups in total. The third kappa shape index (κ3) is 2.17. The van der Waals surface area contributed by atoms with Crippen LogP contribution in [0.25, 0.3) is 5.53 Å². The molecule has 2 saturated heterocycles. The van der Waals surface area contributed by atoms with Crippen LogP contribution >= 0.6 is 11.8 Å². The van der Waals surface area contributed by atoms with Crippen LogP contribution in [0.3, 0.4) is 0 Å². The van der Waals surface area contributed by atoms with Gasteiger partial charge in [0.15, 0.2) is 5.37 Å². The van der Waals surface area contributed by atoms with Crippen LogP contribution in [0, 0.1) is 0 Å². The maximum Gasteiger partial charge on any atom is 0.388 e. The van der Waals surface area contributed by atoms with Gasteiger partial charge in [-0.2, -0.15) is 4.79 Å². The van der Waals surface area contributed by atoms with Gasteiger partial charge in [-0.25, -0.2) is 4.79 Å². The summed E-state index contributed by atoms with van der Waals surface area (Å²) in [4.78, 5) is 28.6. The van der Waals surface area contributed by atoms with E-state index in [4.69, 9.17) is 10.3 Å². The maximum absolute atomic E-state index is 12.3. The molecule has 0 aromatic rings. The van der Waals surface area contributed by atoms with Crippen LogP contribution in [0.5, 0.6) is 0 Å². The van der Waals surface area contributed by atoms with Crippen molar-refractivity contribution in [2.45, 2.75) is 56.4 Å². The minimum atomic E-state index is -0.653. The third-order valence-corrected chi connectivity index (χ3v) is 4.53. The molecule has 2 fully saturated rings. The number of nitrogens with zero attached hydrogens (tertiary/aromatic N) is 3. The van der Waals surface area contributed by atoms with E-state index in [1.807, 2.05) is 13.8 Å². The minimum Gasteiger partial charge on any atom is -0.458 e. The van der Waals surface area contributed by atoms with Crippen LogP contribution < -0.4 is 0 Å². The van der Waals surface area contributed by atoms with E-state index in [0.717, 1.165) is 0 Å². The Bertz CT molecular complexity index is 503. The predicted molar refractivity (Wildman–Crippen MR) is 70.6 cm³/mol. The molecule has 1 amide bonds. The Labute approximate surface area is 116 Å². The Morgan fingerprint density at radius 3 is 2.53 bits per heavy atom. The van der Waals surface area contributed by atoms with Gasteiger partial charge in [-0.3, -0.25) is 9.69 Å². The summed E-state index contributed by atoms with van der Waals surface area (Å²) in [5, 5.41) is -0.356. The summed E-state index contributed by atoms with van der Waals surface area (Å²) >= 11 is 1.43. The van der Waals surface area contributed by atoms with Crippen molar-refractivity contribution >= 4 is 29.4 Å². The fraction of sp³-hybridized carbons (Fsp3) is 0.750. The second kappa shape index (κ2) is 4.08. The molecule has 2 heterocycles. The lowest BCUT2D eigenvalue weighted by atomic mass is 9.97. The number of amides is 1. The first-order valence-corrected chi connectivity index (χ1v) is 6.92. The van der Waals surface area contributed by atoms with Crippen LogP contribution in [0.2, 0.25) is 0 Å². The number of thioether (sulfide) groups is 1. The SMILES string of the molecule is CC(C)(C)OC(=O)[C@@H]1N2C(=O)C(=[N+]=[N-])[C@H]2SC1(C)C. The van der Waals surface area contributed by atoms with Crippen molar-refractivity contribution in [3.8, 4) is 0 Å². The second-order valence-electron chi connectivity index (χ2n) is 6.21. The third-order valence-electron chi connectivity index (χ3n) is 3.03. The number of carbonyl (C=O) groups is 2. The summed E-state index contributed by atoms with van der Waals surface area (Å²) < 4.78 is 4.90. The fourth-order valence-electron chi connectivity index (χ4n) is 2.31. The van der Waals surface area contributed by atoms with Crippen LogP contribution in [0.4, 0.5) is 0 Å². The van der Waals surface area contributed by atoms with Gasteiger partial charge >= 0.3 is 17.6 Å². The smallest absolute Gasteiger partial charge is 0.388 e. The van der Waals surface area contributed by atoms with Crippen molar-refractivity contribution in [3.63, 3.8) is 0 Å². The van der Waals surface area contributed by atoms with Gasteiger partial charge in [0.05, 0.1) is 0 Å². The molecule has 104 valence electrons. The topological polar surface area (TPSA) is 83.0 Å². The number of ether oxygens (including phenoxy) is 1. The van der Waals surface area contributed by atoms with E-state index >= 15 is 0 Å². The van der Waals surface area contributed by atoms with Gasteiger partial charge in [-0.15, -0.1) is 11.8 Å². The lowest BCUT2D eigenvalue weighted by molar-refractivity contribution is -0.166. The van der Waals surface area contributed by atoms with Crippen molar-refractivity contribution < 1.29 is 19.1 Å². The van der Waals surface area contributed by atoms with E-state index in [0.29, 0.717) is 0 Å². The first-order valence-electron chi connectivity index (χ1n) is 6.04. The maximum atomic E-state index is 12.3. The van der Waals surface area contributed by atoms with Gasteiger partial charge < -0.3 is 10.3 Å². The molecule has 0 radical (unpaired) electrons. The molecular formula is C12H17N3O3S. The zero-order valence-electron chi connectivity index (χ0n) is 11.6. The molecule has 19 heavy (non-hydrogen) atoms. The zero-order valence-corrected chi connectivity index (χ0v) is 12.4. The second-order valence-corrected chi connectivity index (χ2v) is 7.94. The average Bonchev–Trinajstić information content (AvgIpc) is 2.45. The number of carbonyl (C=O) groups excluding carboxylic acids is 2. The number of esters is 1. The molecule has 7 heteroatoms. The normalized spacial score (nSPS) is 28.6. The first-order chi connectivity index (χ1) is 8.58. The molecule has 2 atom stereocenters. The van der Waals surface area contributed by atoms with Gasteiger partial charge in [-0.1, -0.05) is 0 Å². The highest BCUT2D eigenvalue weighted by atomic mass is 32.2. The first kappa shape index (κ1) is 14.1. The van der Waals surface area contributed by atoms with Crippen LogP contribution in [-0.2, 0) is 14.3 Å². The minimum absolute atomic E-state index is 0.101. The van der Waals surface area contributed by atoms with Crippen molar-refractivity contribution in [2.24, 2.45) is 0 Å². The van der Waals surface area contributed by atoms with E-state index in [1.165, 1.54) is 16.7 Å². The molecule has 2 rings (SSSR count). The van der Waals surface area contributed by atoms with Crippen molar-refractivity contribution in [1.29, 1.82) is 0 Å². The lowest BCUT2D eigenvalue weighted by Gasteiger charge is -2.35. The molecule has 0 spiro atoms. The van der Waals surface area contributed by atoms with E-state index in [2.05, 4.69) is 4.79 Å². The highest BCUT2D eigenvalue weighted by molar-refractivity contribution is 8.02. The van der Waals surface area contributed by atoms with Crippen LogP contribution in [0.1, 0.15) is 34.6 Å². The van der Waals surface area contributed by atoms with Crippen LogP contribution in [0.15, 0.2) is 0 Å². The zero-order chi connectivity index (χ0) is 14.6. The molecular weight excluding hydrogens is 266 g/mol. The molecule has 2 aliphatic rings. The predicted octanol–water partition coefficient (Wildman–Crippen LogP) is 1.06. The summed E-state index contributed by atoms with van der Waals surface area (Å²) in [6.07, 6.45) is 0. The monoisotopic (exact) mass is 283 g/mol. The van der Waals surface area contributed by atoms with Crippen molar-refractivity contribution in [1.82, 2.24) is 4.90 Å². The van der Waals surface area contributed by atoms with Gasteiger partial charge in [0.2, 0.25) is 0 Å². The standard InChI is InChI=1S/C12H17N3O3S/c1-11(2,3)18-10(17)7-12(4,5)19-9-6(14-13)8(16)15(7)9/h7,9H,1-5H3/t7-,9+/m0/s1. The molecule has 6 nitrogen and oxygen atoms in total. The molecule has 0 bridgehead atoms. The largest absolute Gasteiger partial charge is 0.458 e. The number of hydrogen-bond donors (Lipinski definition) is 0. The van der Waals surface area contributed by atoms with E-state index in [1.54, 1.807) is 20.8 Å². The molecule has 0 unspecified atom stereocenters. The Morgan fingerprint density at radius 1 is 1.47 bits per heavy atom. The summed E-state index contributed by atoms with van der Waals surface area (Å²) in [7, 11) is 0. The van der Waals surface area contributed by atoms with Gasteiger partial charge in [0.25, 0.3) is 0 Å². The summed E-state index contributed by atoms with van der Waals surface area (Å²) in [5.41, 5.74) is 8.30. The Morgan fingerprint density at radius 2 is 2.05 bits per heavy atom. The van der Waals surface area contributed by atoms with Crippen molar-refractivity contribution in [3.05, 3.63) is 5.53 Å². The molecule has 0 saturated carbocycles. The van der Waals surface area contributed by atoms with Gasteiger partial charge in [0.1, 0.15) is 11.6 Å². The van der Waals surface area contributed by atoms with Crippen molar-refractivity contribution in [2.75, 3.05) is 0 Å². The Hall–Kier alpha value is -1.33. The summed E-state index contributed by atoms with van der Waals surface area (Å²) in [6, 6.07) is -0.653. The van der Waals surface area contributed by atoms with Gasteiger partial charge in [0, 0.05) is 4.75 Å². The lowest BCUT2D eigenvalue weighted by Crippen LogP contribution is -2.64. The number of β-lactam (4-membered cyclic amide) rings is 1. The number of hydrogen-bond acceptors (Lipinski definition) is 4. The molecule has 0 aromatic carbocycles. The van der Waals surface area contributed by atoms with Gasteiger partial charge in [-0.05, 0) is 34.6 Å². The quantitative estimate of drug-likeness (QED) is 0.312. The Kier molecular flexibility index (Phi) is 3.03. The van der Waals surface area contributed by atoms with Crippen LogP contribution in [-0.4, -0.2) is 49.0 Å². The van der Waals surface area contributed by atoms with E-state index < -0.39 is 28.3 Å². The summed E-state index contributed by atoms with van der Waals surface area (Å²) in [6.45, 7) is 9.13. The van der Waals surface area contributed by atoms with E-state index in [-0.39, 0.29) is 11.1 Å². The Balaban J connectivity index is 2.28.